The van der Waals surface area contributed by atoms with Crippen LogP contribution in [0, 0.1) is 0 Å². The molecule has 0 aliphatic rings. The topological polar surface area (TPSA) is 67.2 Å². The van der Waals surface area contributed by atoms with Crippen LogP contribution < -0.4 is 5.32 Å². The van der Waals surface area contributed by atoms with Crippen molar-refractivity contribution in [3.05, 3.63) is 30.1 Å². The number of aliphatic hydroxyl groups is 1. The van der Waals surface area contributed by atoms with Crippen molar-refractivity contribution in [2.45, 2.75) is 38.6 Å². The normalized spacial score (nSPS) is 13.3. The van der Waals surface area contributed by atoms with Crippen LogP contribution in [0.5, 0.6) is 0 Å². The third-order valence-corrected chi connectivity index (χ3v) is 3.48. The van der Waals surface area contributed by atoms with E-state index in [0.717, 1.165) is 4.57 Å². The molecule has 0 saturated carbocycles. The number of alkyl halides is 3. The lowest BCUT2D eigenvalue weighted by Gasteiger charge is -2.12. The Morgan fingerprint density at radius 1 is 1.39 bits per heavy atom. The lowest BCUT2D eigenvalue weighted by molar-refractivity contribution is -0.147. The zero-order valence-corrected chi connectivity index (χ0v) is 12.6. The minimum Gasteiger partial charge on any atom is -0.393 e. The van der Waals surface area contributed by atoms with E-state index >= 15 is 0 Å². The molecule has 1 unspecified atom stereocenters. The van der Waals surface area contributed by atoms with Crippen LogP contribution >= 0.6 is 0 Å². The van der Waals surface area contributed by atoms with Gasteiger partial charge in [-0.15, -0.1) is 0 Å². The number of fused-ring (bicyclic) bond motifs is 1. The summed E-state index contributed by atoms with van der Waals surface area (Å²) in [6, 6.07) is 6.14. The fourth-order valence-electron chi connectivity index (χ4n) is 2.23. The molecule has 0 bridgehead atoms. The van der Waals surface area contributed by atoms with Gasteiger partial charge >= 0.3 is 6.18 Å². The minimum absolute atomic E-state index is 0.189. The summed E-state index contributed by atoms with van der Waals surface area (Å²) in [6.07, 6.45) is -4.26. The molecule has 0 saturated heterocycles. The van der Waals surface area contributed by atoms with E-state index in [1.165, 1.54) is 12.1 Å². The number of benzene rings is 1. The van der Waals surface area contributed by atoms with E-state index in [2.05, 4.69) is 10.3 Å². The number of amides is 1. The zero-order valence-electron chi connectivity index (χ0n) is 12.6. The molecule has 0 spiro atoms. The molecule has 0 aliphatic carbocycles. The summed E-state index contributed by atoms with van der Waals surface area (Å²) >= 11 is 0. The molecule has 8 heteroatoms. The molecule has 1 aromatic carbocycles. The molecule has 0 radical (unpaired) electrons. The summed E-state index contributed by atoms with van der Waals surface area (Å²) in [6.45, 7) is 1.54. The average Bonchev–Trinajstić information content (AvgIpc) is 2.86. The van der Waals surface area contributed by atoms with Crippen LogP contribution in [-0.2, 0) is 17.5 Å². The van der Waals surface area contributed by atoms with Crippen LogP contribution in [0.2, 0.25) is 0 Å². The van der Waals surface area contributed by atoms with Gasteiger partial charge in [0.15, 0.2) is 0 Å². The second-order valence-corrected chi connectivity index (χ2v) is 5.21. The van der Waals surface area contributed by atoms with E-state index in [9.17, 15) is 23.1 Å². The molecule has 5 nitrogen and oxygen atoms in total. The number of aromatic nitrogens is 2. The van der Waals surface area contributed by atoms with Crippen LogP contribution in [0.25, 0.3) is 11.0 Å². The first-order valence-corrected chi connectivity index (χ1v) is 7.30. The Morgan fingerprint density at radius 3 is 2.74 bits per heavy atom. The van der Waals surface area contributed by atoms with Gasteiger partial charge in [0.2, 0.25) is 11.7 Å². The van der Waals surface area contributed by atoms with E-state index in [0.29, 0.717) is 12.8 Å². The summed E-state index contributed by atoms with van der Waals surface area (Å²) in [7, 11) is 0. The quantitative estimate of drug-likeness (QED) is 0.855. The highest BCUT2D eigenvalue weighted by Crippen LogP contribution is 2.31. The van der Waals surface area contributed by atoms with Crippen molar-refractivity contribution in [2.24, 2.45) is 0 Å². The van der Waals surface area contributed by atoms with Crippen molar-refractivity contribution in [1.29, 1.82) is 0 Å². The van der Waals surface area contributed by atoms with Crippen molar-refractivity contribution in [2.75, 3.05) is 6.54 Å². The number of carbonyl (C=O) groups excluding carboxylic acids is 1. The molecule has 0 fully saturated rings. The molecule has 1 aromatic heterocycles. The Hall–Kier alpha value is -2.09. The first kappa shape index (κ1) is 17.3. The molecule has 2 rings (SSSR count). The predicted octanol–water partition coefficient (Wildman–Crippen LogP) is 2.33. The molecule has 23 heavy (non-hydrogen) atoms. The summed E-state index contributed by atoms with van der Waals surface area (Å²) < 4.78 is 40.1. The van der Waals surface area contributed by atoms with Crippen LogP contribution in [-0.4, -0.2) is 33.2 Å². The van der Waals surface area contributed by atoms with Crippen molar-refractivity contribution in [3.63, 3.8) is 0 Å². The highest BCUT2D eigenvalue weighted by molar-refractivity contribution is 5.81. The maximum atomic E-state index is 13.1. The Labute approximate surface area is 131 Å². The molecule has 2 aromatic rings. The summed E-state index contributed by atoms with van der Waals surface area (Å²) in [5.41, 5.74) is 0.442. The Balaban J connectivity index is 2.16. The van der Waals surface area contributed by atoms with E-state index in [1.54, 1.807) is 19.1 Å². The SMILES string of the molecule is CCC(O)CCNC(=O)Cn1c(C(F)(F)F)nc2ccccc21. The molecule has 1 amide bonds. The van der Waals surface area contributed by atoms with E-state index in [-0.39, 0.29) is 17.6 Å². The van der Waals surface area contributed by atoms with E-state index in [4.69, 9.17) is 0 Å². The van der Waals surface area contributed by atoms with Crippen molar-refractivity contribution >= 4 is 16.9 Å². The number of halogens is 3. The Kier molecular flexibility index (Phi) is 5.25. The van der Waals surface area contributed by atoms with Gasteiger partial charge in [0.25, 0.3) is 0 Å². The van der Waals surface area contributed by atoms with Crippen molar-refractivity contribution in [3.8, 4) is 0 Å². The first-order valence-electron chi connectivity index (χ1n) is 7.30. The highest BCUT2D eigenvalue weighted by atomic mass is 19.4. The number of para-hydroxylation sites is 2. The van der Waals surface area contributed by atoms with E-state index in [1.807, 2.05) is 0 Å². The molecule has 1 atom stereocenters. The number of hydrogen-bond acceptors (Lipinski definition) is 3. The number of nitrogens with zero attached hydrogens (tertiary/aromatic N) is 2. The average molecular weight is 329 g/mol. The Morgan fingerprint density at radius 2 is 2.09 bits per heavy atom. The second-order valence-electron chi connectivity index (χ2n) is 5.21. The summed E-state index contributed by atoms with van der Waals surface area (Å²) in [5.74, 6) is -1.65. The molecule has 0 aliphatic heterocycles. The van der Waals surface area contributed by atoms with Gasteiger partial charge in [-0.25, -0.2) is 4.98 Å². The minimum atomic E-state index is -4.64. The van der Waals surface area contributed by atoms with Gasteiger partial charge in [-0.3, -0.25) is 4.79 Å². The van der Waals surface area contributed by atoms with E-state index < -0.39 is 30.6 Å². The predicted molar refractivity (Wildman–Crippen MR) is 78.7 cm³/mol. The largest absolute Gasteiger partial charge is 0.449 e. The zero-order chi connectivity index (χ0) is 17.0. The van der Waals surface area contributed by atoms with Gasteiger partial charge in [0.05, 0.1) is 17.1 Å². The van der Waals surface area contributed by atoms with Gasteiger partial charge < -0.3 is 15.0 Å². The lowest BCUT2D eigenvalue weighted by Crippen LogP contribution is -2.31. The van der Waals surface area contributed by atoms with Crippen LogP contribution in [0.3, 0.4) is 0 Å². The molecule has 2 N–H and O–H groups in total. The standard InChI is InChI=1S/C15H18F3N3O2/c1-2-10(22)7-8-19-13(23)9-21-12-6-4-3-5-11(12)20-14(21)15(16,17)18/h3-6,10,22H,2,7-9H2,1H3,(H,19,23). The third kappa shape index (κ3) is 4.22. The van der Waals surface area contributed by atoms with Gasteiger partial charge in [-0.05, 0) is 25.0 Å². The van der Waals surface area contributed by atoms with Crippen molar-refractivity contribution in [1.82, 2.24) is 14.9 Å². The molecular formula is C15H18F3N3O2. The van der Waals surface area contributed by atoms with Crippen LogP contribution in [0.15, 0.2) is 24.3 Å². The number of rotatable bonds is 6. The summed E-state index contributed by atoms with van der Waals surface area (Å²) in [4.78, 5) is 15.5. The van der Waals surface area contributed by atoms with Gasteiger partial charge in [0.1, 0.15) is 6.54 Å². The van der Waals surface area contributed by atoms with Gasteiger partial charge in [-0.2, -0.15) is 13.2 Å². The highest BCUT2D eigenvalue weighted by Gasteiger charge is 2.37. The monoisotopic (exact) mass is 329 g/mol. The number of hydrogen-bond donors (Lipinski definition) is 2. The second kappa shape index (κ2) is 6.99. The summed E-state index contributed by atoms with van der Waals surface area (Å²) in [5, 5.41) is 11.9. The number of aliphatic hydroxyl groups excluding tert-OH is 1. The number of nitrogens with one attached hydrogen (secondary N) is 1. The third-order valence-electron chi connectivity index (χ3n) is 3.48. The molecular weight excluding hydrogens is 311 g/mol. The van der Waals surface area contributed by atoms with Gasteiger partial charge in [0, 0.05) is 6.54 Å². The fourth-order valence-corrected chi connectivity index (χ4v) is 2.23. The molecule has 1 heterocycles. The molecule has 126 valence electrons. The van der Waals surface area contributed by atoms with Gasteiger partial charge in [-0.1, -0.05) is 19.1 Å². The van der Waals surface area contributed by atoms with Crippen LogP contribution in [0.4, 0.5) is 13.2 Å². The Bertz CT molecular complexity index is 682. The van der Waals surface area contributed by atoms with Crippen molar-refractivity contribution < 1.29 is 23.1 Å². The smallest absolute Gasteiger partial charge is 0.393 e. The number of imidazole rings is 1. The fraction of sp³-hybridized carbons (Fsp3) is 0.467. The maximum Gasteiger partial charge on any atom is 0.449 e. The van der Waals surface area contributed by atoms with Crippen LogP contribution in [0.1, 0.15) is 25.6 Å². The maximum absolute atomic E-state index is 13.1. The first-order chi connectivity index (χ1) is 10.8. The number of carbonyl (C=O) groups is 1. The lowest BCUT2D eigenvalue weighted by atomic mass is 10.2.